The highest BCUT2D eigenvalue weighted by Crippen LogP contribution is 2.40. The Hall–Kier alpha value is -1.02. The Morgan fingerprint density at radius 3 is 2.75 bits per heavy atom. The predicted molar refractivity (Wildman–Crippen MR) is 64.6 cm³/mol. The summed E-state index contributed by atoms with van der Waals surface area (Å²) in [6, 6.07) is 6.47. The van der Waals surface area contributed by atoms with Gasteiger partial charge >= 0.3 is 0 Å². The van der Waals surface area contributed by atoms with Crippen LogP contribution >= 0.6 is 0 Å². The van der Waals surface area contributed by atoms with Gasteiger partial charge in [0.1, 0.15) is 5.75 Å². The van der Waals surface area contributed by atoms with Gasteiger partial charge in [-0.05, 0) is 56.8 Å². The van der Waals surface area contributed by atoms with Crippen LogP contribution < -0.4 is 0 Å². The number of hydrogen-bond acceptors (Lipinski definition) is 2. The van der Waals surface area contributed by atoms with Crippen LogP contribution in [-0.2, 0) is 6.42 Å². The van der Waals surface area contributed by atoms with Gasteiger partial charge in [0.25, 0.3) is 0 Å². The van der Waals surface area contributed by atoms with Gasteiger partial charge in [-0.3, -0.25) is 4.90 Å². The van der Waals surface area contributed by atoms with E-state index in [4.69, 9.17) is 0 Å². The Bertz CT molecular complexity index is 382. The fourth-order valence-corrected chi connectivity index (χ4v) is 3.25. The second kappa shape index (κ2) is 4.10. The molecule has 1 aromatic carbocycles. The average Bonchev–Trinajstić information content (AvgIpc) is 2.82. The van der Waals surface area contributed by atoms with E-state index in [2.05, 4.69) is 11.0 Å². The molecule has 16 heavy (non-hydrogen) atoms. The lowest BCUT2D eigenvalue weighted by Crippen LogP contribution is -2.28. The minimum absolute atomic E-state index is 0.479. The molecule has 0 aromatic heterocycles. The van der Waals surface area contributed by atoms with Gasteiger partial charge in [-0.2, -0.15) is 0 Å². The largest absolute Gasteiger partial charge is 0.508 e. The number of likely N-dealkylation sites (tertiary alicyclic amines) is 1. The van der Waals surface area contributed by atoms with Crippen LogP contribution in [0.2, 0.25) is 0 Å². The smallest absolute Gasteiger partial charge is 0.120 e. The van der Waals surface area contributed by atoms with E-state index in [0.29, 0.717) is 11.8 Å². The third-order valence-corrected chi connectivity index (χ3v) is 4.01. The quantitative estimate of drug-likeness (QED) is 0.782. The highest BCUT2D eigenvalue weighted by atomic mass is 16.3. The van der Waals surface area contributed by atoms with E-state index >= 15 is 0 Å². The van der Waals surface area contributed by atoms with Crippen LogP contribution in [0.25, 0.3) is 0 Å². The zero-order valence-corrected chi connectivity index (χ0v) is 9.65. The zero-order valence-electron chi connectivity index (χ0n) is 9.65. The van der Waals surface area contributed by atoms with Crippen molar-refractivity contribution >= 4 is 0 Å². The van der Waals surface area contributed by atoms with Crippen molar-refractivity contribution in [2.75, 3.05) is 13.1 Å². The van der Waals surface area contributed by atoms with Crippen LogP contribution in [-0.4, -0.2) is 23.1 Å². The summed E-state index contributed by atoms with van der Waals surface area (Å²) < 4.78 is 0. The molecule has 2 heteroatoms. The van der Waals surface area contributed by atoms with Gasteiger partial charge in [0, 0.05) is 11.6 Å². The molecular weight excluding hydrogens is 198 g/mol. The molecule has 1 aromatic rings. The molecule has 86 valence electrons. The summed E-state index contributed by atoms with van der Waals surface area (Å²) >= 11 is 0. The molecule has 1 atom stereocenters. The first-order valence-electron chi connectivity index (χ1n) is 6.41. The van der Waals surface area contributed by atoms with Crippen LogP contribution in [0.5, 0.6) is 5.75 Å². The third-order valence-electron chi connectivity index (χ3n) is 4.01. The molecule has 3 rings (SSSR count). The molecule has 2 nitrogen and oxygen atoms in total. The number of aryl methyl sites for hydroxylation is 1. The summed E-state index contributed by atoms with van der Waals surface area (Å²) in [6.07, 6.45) is 6.25. The fourth-order valence-electron chi connectivity index (χ4n) is 3.25. The molecule has 1 unspecified atom stereocenters. The van der Waals surface area contributed by atoms with Crippen molar-refractivity contribution in [3.63, 3.8) is 0 Å². The first-order valence-corrected chi connectivity index (χ1v) is 6.41. The van der Waals surface area contributed by atoms with Crippen molar-refractivity contribution in [1.82, 2.24) is 4.90 Å². The Morgan fingerprint density at radius 2 is 1.94 bits per heavy atom. The number of fused-ring (bicyclic) bond motifs is 1. The Kier molecular flexibility index (Phi) is 2.60. The molecule has 1 aliphatic heterocycles. The number of rotatable bonds is 1. The monoisotopic (exact) mass is 217 g/mol. The van der Waals surface area contributed by atoms with Crippen LogP contribution in [0, 0.1) is 0 Å². The van der Waals surface area contributed by atoms with E-state index in [9.17, 15) is 5.11 Å². The molecule has 0 saturated carbocycles. The van der Waals surface area contributed by atoms with E-state index < -0.39 is 0 Å². The van der Waals surface area contributed by atoms with Gasteiger partial charge in [-0.15, -0.1) is 0 Å². The number of benzene rings is 1. The van der Waals surface area contributed by atoms with Crippen LogP contribution in [0.15, 0.2) is 18.2 Å². The Morgan fingerprint density at radius 1 is 1.12 bits per heavy atom. The summed E-state index contributed by atoms with van der Waals surface area (Å²) in [6.45, 7) is 2.41. The van der Waals surface area contributed by atoms with Crippen molar-refractivity contribution < 1.29 is 5.11 Å². The fraction of sp³-hybridized carbons (Fsp3) is 0.571. The molecule has 1 N–H and O–H groups in total. The van der Waals surface area contributed by atoms with E-state index in [1.807, 2.05) is 12.1 Å². The van der Waals surface area contributed by atoms with Gasteiger partial charge in [-0.25, -0.2) is 0 Å². The summed E-state index contributed by atoms with van der Waals surface area (Å²) in [5.74, 6) is 0.508. The molecule has 1 saturated heterocycles. The number of aromatic hydroxyl groups is 1. The van der Waals surface area contributed by atoms with Crippen molar-refractivity contribution in [1.29, 1.82) is 0 Å². The maximum absolute atomic E-state index is 10.1. The topological polar surface area (TPSA) is 23.5 Å². The first-order chi connectivity index (χ1) is 7.86. The molecule has 1 heterocycles. The Labute approximate surface area is 96.9 Å². The maximum atomic E-state index is 10.1. The van der Waals surface area contributed by atoms with Gasteiger partial charge in [-0.1, -0.05) is 12.1 Å². The van der Waals surface area contributed by atoms with Gasteiger partial charge < -0.3 is 5.11 Å². The van der Waals surface area contributed by atoms with Gasteiger partial charge in [0.15, 0.2) is 0 Å². The standard InChI is InChI=1S/C14H19NO/c16-13-8-4-6-11-5-3-7-12(14(11)13)15-9-1-2-10-15/h4,6,8,12,16H,1-3,5,7,9-10H2. The average molecular weight is 217 g/mol. The maximum Gasteiger partial charge on any atom is 0.120 e. The third kappa shape index (κ3) is 1.61. The van der Waals surface area contributed by atoms with Crippen molar-refractivity contribution in [3.05, 3.63) is 29.3 Å². The van der Waals surface area contributed by atoms with Crippen molar-refractivity contribution in [2.45, 2.75) is 38.1 Å². The van der Waals surface area contributed by atoms with Gasteiger partial charge in [0.2, 0.25) is 0 Å². The van der Waals surface area contributed by atoms with Crippen LogP contribution in [0.1, 0.15) is 42.9 Å². The van der Waals surface area contributed by atoms with E-state index in [-0.39, 0.29) is 0 Å². The summed E-state index contributed by atoms with van der Waals surface area (Å²) in [5.41, 5.74) is 2.58. The normalized spacial score (nSPS) is 25.6. The predicted octanol–water partition coefficient (Wildman–Crippen LogP) is 2.87. The van der Waals surface area contributed by atoms with E-state index in [0.717, 1.165) is 6.42 Å². The first kappa shape index (κ1) is 10.2. The van der Waals surface area contributed by atoms with Crippen LogP contribution in [0.3, 0.4) is 0 Å². The number of phenolic OH excluding ortho intramolecular Hbond substituents is 1. The summed E-state index contributed by atoms with van der Waals surface area (Å²) in [7, 11) is 0. The lowest BCUT2D eigenvalue weighted by molar-refractivity contribution is 0.216. The summed E-state index contributed by atoms with van der Waals surface area (Å²) in [4.78, 5) is 2.55. The van der Waals surface area contributed by atoms with Crippen LogP contribution in [0.4, 0.5) is 0 Å². The number of hydrogen-bond donors (Lipinski definition) is 1. The van der Waals surface area contributed by atoms with E-state index in [1.165, 1.54) is 49.9 Å². The highest BCUT2D eigenvalue weighted by Gasteiger charge is 2.29. The minimum Gasteiger partial charge on any atom is -0.508 e. The second-order valence-electron chi connectivity index (χ2n) is 5.00. The number of nitrogens with zero attached hydrogens (tertiary/aromatic N) is 1. The zero-order chi connectivity index (χ0) is 11.0. The van der Waals surface area contributed by atoms with E-state index in [1.54, 1.807) is 0 Å². The summed E-state index contributed by atoms with van der Waals surface area (Å²) in [5, 5.41) is 10.1. The molecule has 0 bridgehead atoms. The van der Waals surface area contributed by atoms with Crippen molar-refractivity contribution in [2.24, 2.45) is 0 Å². The Balaban J connectivity index is 1.98. The highest BCUT2D eigenvalue weighted by molar-refractivity contribution is 5.43. The molecule has 0 radical (unpaired) electrons. The molecule has 1 fully saturated rings. The van der Waals surface area contributed by atoms with Gasteiger partial charge in [0.05, 0.1) is 0 Å². The second-order valence-corrected chi connectivity index (χ2v) is 5.00. The lowest BCUT2D eigenvalue weighted by Gasteiger charge is -2.33. The molecule has 2 aliphatic rings. The molecular formula is C14H19NO. The molecule has 0 spiro atoms. The molecule has 1 aliphatic carbocycles. The SMILES string of the molecule is Oc1cccc2c1C(N1CCCC1)CCC2. The van der Waals surface area contributed by atoms with Crippen molar-refractivity contribution in [3.8, 4) is 5.75 Å². The number of phenols is 1. The molecule has 0 amide bonds. The minimum atomic E-state index is 0.479. The lowest BCUT2D eigenvalue weighted by atomic mass is 9.86.